The van der Waals surface area contributed by atoms with Crippen LogP contribution in [-0.4, -0.2) is 17.0 Å². The van der Waals surface area contributed by atoms with Gasteiger partial charge in [0, 0.05) is 5.56 Å². The molecular weight excluding hydrogens is 396 g/mol. The van der Waals surface area contributed by atoms with E-state index in [1.54, 1.807) is 48.5 Å². The van der Waals surface area contributed by atoms with Crippen molar-refractivity contribution in [3.63, 3.8) is 0 Å². The van der Waals surface area contributed by atoms with E-state index in [1.165, 1.54) is 11.8 Å². The van der Waals surface area contributed by atoms with Crippen molar-refractivity contribution >= 4 is 40.6 Å². The number of ether oxygens (including phenoxy) is 1. The van der Waals surface area contributed by atoms with Crippen LogP contribution in [0.3, 0.4) is 0 Å². The molecule has 4 rings (SSSR count). The van der Waals surface area contributed by atoms with Gasteiger partial charge in [-0.2, -0.15) is 0 Å². The monoisotopic (exact) mass is 414 g/mol. The summed E-state index contributed by atoms with van der Waals surface area (Å²) in [6.45, 7) is 1.97. The molecule has 1 heterocycles. The maximum atomic E-state index is 12.4. The lowest BCUT2D eigenvalue weighted by atomic mass is 10.1. The van der Waals surface area contributed by atoms with Gasteiger partial charge in [-0.3, -0.25) is 4.79 Å². The van der Waals surface area contributed by atoms with Crippen molar-refractivity contribution < 1.29 is 14.3 Å². The predicted molar refractivity (Wildman–Crippen MR) is 120 cm³/mol. The summed E-state index contributed by atoms with van der Waals surface area (Å²) in [5.74, 6) is -0.306. The molecule has 30 heavy (non-hydrogen) atoms. The molecule has 148 valence electrons. The molecule has 0 aliphatic carbocycles. The molecule has 1 aliphatic heterocycles. The van der Waals surface area contributed by atoms with E-state index in [0.29, 0.717) is 26.9 Å². The van der Waals surface area contributed by atoms with Crippen molar-refractivity contribution in [1.82, 2.24) is 5.32 Å². The van der Waals surface area contributed by atoms with Gasteiger partial charge in [0.25, 0.3) is 5.91 Å². The summed E-state index contributed by atoms with van der Waals surface area (Å²) < 4.78 is 5.56. The molecule has 1 amide bonds. The van der Waals surface area contributed by atoms with Crippen molar-refractivity contribution in [3.8, 4) is 5.75 Å². The number of hydrogen-bond acceptors (Lipinski definition) is 5. The summed E-state index contributed by atoms with van der Waals surface area (Å²) in [5, 5.41) is 3.30. The highest BCUT2D eigenvalue weighted by Gasteiger charge is 2.24. The molecule has 1 aliphatic rings. The maximum Gasteiger partial charge on any atom is 0.343 e. The molecule has 3 aromatic rings. The average molecular weight is 414 g/mol. The van der Waals surface area contributed by atoms with Gasteiger partial charge in [0.05, 0.1) is 16.2 Å². The van der Waals surface area contributed by atoms with Gasteiger partial charge in [-0.1, -0.05) is 54.6 Å². The zero-order chi connectivity index (χ0) is 20.9. The minimum atomic E-state index is -0.452. The van der Waals surface area contributed by atoms with Gasteiger partial charge in [-0.05, 0) is 54.6 Å². The van der Waals surface area contributed by atoms with Crippen LogP contribution in [-0.2, 0) is 4.79 Å². The van der Waals surface area contributed by atoms with Gasteiger partial charge >= 0.3 is 5.97 Å². The Morgan fingerprint density at radius 2 is 1.67 bits per heavy atom. The van der Waals surface area contributed by atoms with E-state index in [9.17, 15) is 9.59 Å². The number of aryl methyl sites for hydroxylation is 1. The standard InChI is InChI=1S/C24H18N2O3S/c1-16-9-5-7-13-19(16)25-24-26-22(27)21(30-24)15-18-12-6-8-14-20(18)29-23(28)17-10-3-2-4-11-17/h2-15H,1H3,(H,25,26,27)/b21-15-. The van der Waals surface area contributed by atoms with Crippen molar-refractivity contribution in [2.75, 3.05) is 0 Å². The van der Waals surface area contributed by atoms with Crippen molar-refractivity contribution in [3.05, 3.63) is 100 Å². The van der Waals surface area contributed by atoms with Gasteiger partial charge in [0.15, 0.2) is 5.17 Å². The zero-order valence-corrected chi connectivity index (χ0v) is 17.0. The number of benzene rings is 3. The number of thioether (sulfide) groups is 1. The number of amidine groups is 1. The number of para-hydroxylation sites is 2. The van der Waals surface area contributed by atoms with E-state index < -0.39 is 5.97 Å². The minimum absolute atomic E-state index is 0.239. The van der Waals surface area contributed by atoms with E-state index in [-0.39, 0.29) is 5.91 Å². The zero-order valence-electron chi connectivity index (χ0n) is 16.2. The first kappa shape index (κ1) is 19.7. The lowest BCUT2D eigenvalue weighted by molar-refractivity contribution is -0.115. The number of nitrogens with one attached hydrogen (secondary N) is 1. The van der Waals surface area contributed by atoms with Crippen LogP contribution in [0.1, 0.15) is 21.5 Å². The fraction of sp³-hybridized carbons (Fsp3) is 0.0417. The van der Waals surface area contributed by atoms with Gasteiger partial charge in [-0.15, -0.1) is 0 Å². The lowest BCUT2D eigenvalue weighted by Crippen LogP contribution is -2.19. The highest BCUT2D eigenvalue weighted by atomic mass is 32.2. The normalized spacial score (nSPS) is 16.0. The second-order valence-electron chi connectivity index (χ2n) is 6.56. The Bertz CT molecular complexity index is 1170. The number of nitrogens with zero attached hydrogens (tertiary/aromatic N) is 1. The highest BCUT2D eigenvalue weighted by molar-refractivity contribution is 8.18. The number of aliphatic imine (C=N–C) groups is 1. The van der Waals surface area contributed by atoms with Crippen molar-refractivity contribution in [2.24, 2.45) is 4.99 Å². The number of rotatable bonds is 4. The first-order valence-corrected chi connectivity index (χ1v) is 10.1. The molecule has 1 saturated heterocycles. The third kappa shape index (κ3) is 4.50. The number of hydrogen-bond donors (Lipinski definition) is 1. The number of esters is 1. The molecule has 0 bridgehead atoms. The summed E-state index contributed by atoms with van der Waals surface area (Å²) in [6, 6.07) is 23.6. The van der Waals surface area contributed by atoms with Crippen LogP contribution in [0.5, 0.6) is 5.75 Å². The maximum absolute atomic E-state index is 12.4. The fourth-order valence-electron chi connectivity index (χ4n) is 2.85. The molecule has 5 nitrogen and oxygen atoms in total. The molecule has 0 saturated carbocycles. The first-order valence-electron chi connectivity index (χ1n) is 9.31. The fourth-order valence-corrected chi connectivity index (χ4v) is 3.67. The molecule has 0 aromatic heterocycles. The molecule has 6 heteroatoms. The van der Waals surface area contributed by atoms with Crippen LogP contribution in [0.4, 0.5) is 5.69 Å². The van der Waals surface area contributed by atoms with Crippen LogP contribution in [0.15, 0.2) is 88.8 Å². The predicted octanol–water partition coefficient (Wildman–Crippen LogP) is 5.11. The van der Waals surface area contributed by atoms with Crippen LogP contribution in [0.25, 0.3) is 6.08 Å². The van der Waals surface area contributed by atoms with E-state index in [4.69, 9.17) is 4.74 Å². The third-order valence-corrected chi connectivity index (χ3v) is 5.32. The minimum Gasteiger partial charge on any atom is -0.422 e. The average Bonchev–Trinajstić information content (AvgIpc) is 3.10. The molecule has 1 fully saturated rings. The molecule has 0 spiro atoms. The van der Waals surface area contributed by atoms with Crippen molar-refractivity contribution in [2.45, 2.75) is 6.92 Å². The largest absolute Gasteiger partial charge is 0.422 e. The van der Waals surface area contributed by atoms with Gasteiger partial charge in [-0.25, -0.2) is 9.79 Å². The number of carbonyl (C=O) groups excluding carboxylic acids is 2. The number of carbonyl (C=O) groups is 2. The molecular formula is C24H18N2O3S. The summed E-state index contributed by atoms with van der Waals surface area (Å²) in [4.78, 5) is 29.8. The molecule has 1 N–H and O–H groups in total. The quantitative estimate of drug-likeness (QED) is 0.366. The molecule has 0 unspecified atom stereocenters. The van der Waals surface area contributed by atoms with Crippen molar-refractivity contribution in [1.29, 1.82) is 0 Å². The number of amides is 1. The Kier molecular flexibility index (Phi) is 5.77. The Balaban J connectivity index is 1.57. The van der Waals surface area contributed by atoms with E-state index >= 15 is 0 Å². The van der Waals surface area contributed by atoms with Crippen LogP contribution >= 0.6 is 11.8 Å². The smallest absolute Gasteiger partial charge is 0.343 e. The molecule has 0 atom stereocenters. The van der Waals surface area contributed by atoms with E-state index in [1.807, 2.05) is 43.3 Å². The SMILES string of the molecule is Cc1ccccc1N=C1NC(=O)/C(=C/c2ccccc2OC(=O)c2ccccc2)S1. The van der Waals surface area contributed by atoms with Crippen LogP contribution in [0.2, 0.25) is 0 Å². The Labute approximate surface area is 178 Å². The highest BCUT2D eigenvalue weighted by Crippen LogP contribution is 2.31. The van der Waals surface area contributed by atoms with Gasteiger partial charge < -0.3 is 10.1 Å². The van der Waals surface area contributed by atoms with Crippen LogP contribution < -0.4 is 10.1 Å². The van der Waals surface area contributed by atoms with E-state index in [2.05, 4.69) is 10.3 Å². The topological polar surface area (TPSA) is 67.8 Å². The third-order valence-electron chi connectivity index (χ3n) is 4.41. The Hall–Kier alpha value is -3.64. The first-order chi connectivity index (χ1) is 14.6. The van der Waals surface area contributed by atoms with E-state index in [0.717, 1.165) is 11.3 Å². The molecule has 3 aromatic carbocycles. The van der Waals surface area contributed by atoms with Gasteiger partial charge in [0.2, 0.25) is 0 Å². The summed E-state index contributed by atoms with van der Waals surface area (Å²) in [7, 11) is 0. The second-order valence-corrected chi connectivity index (χ2v) is 7.59. The summed E-state index contributed by atoms with van der Waals surface area (Å²) in [5.41, 5.74) is 2.92. The molecule has 0 radical (unpaired) electrons. The Morgan fingerprint density at radius 1 is 0.967 bits per heavy atom. The Morgan fingerprint density at radius 3 is 2.47 bits per heavy atom. The summed E-state index contributed by atoms with van der Waals surface area (Å²) >= 11 is 1.25. The summed E-state index contributed by atoms with van der Waals surface area (Å²) in [6.07, 6.45) is 1.70. The second kappa shape index (κ2) is 8.80. The van der Waals surface area contributed by atoms with Gasteiger partial charge in [0.1, 0.15) is 5.75 Å². The van der Waals surface area contributed by atoms with Crippen LogP contribution in [0, 0.1) is 6.92 Å². The lowest BCUT2D eigenvalue weighted by Gasteiger charge is -2.07.